The van der Waals surface area contributed by atoms with Crippen LogP contribution in [0.15, 0.2) is 42.5 Å². The third kappa shape index (κ3) is 3.53. The molecule has 28 heavy (non-hydrogen) atoms. The van der Waals surface area contributed by atoms with Crippen molar-refractivity contribution in [3.05, 3.63) is 48.0 Å². The van der Waals surface area contributed by atoms with Crippen molar-refractivity contribution in [2.75, 3.05) is 6.54 Å². The zero-order valence-electron chi connectivity index (χ0n) is 16.2. The standard InChI is InChI=1S/C23H26N2O3/c1-15(17-11-10-16-6-2-3-7-18(16)14-17)24-21(26)12-13-25-22(27)19-8-4-5-9-20(19)23(25)28/h2-3,6-7,10-11,14-15,19-20H,4-5,8-9,12-13H2,1H3,(H,24,26)/t15-,19-,20-/m0/s1. The van der Waals surface area contributed by atoms with Gasteiger partial charge in [-0.25, -0.2) is 0 Å². The lowest BCUT2D eigenvalue weighted by molar-refractivity contribution is -0.140. The van der Waals surface area contributed by atoms with Crippen molar-refractivity contribution in [1.82, 2.24) is 10.2 Å². The molecule has 5 nitrogen and oxygen atoms in total. The Morgan fingerprint density at radius 1 is 1.04 bits per heavy atom. The van der Waals surface area contributed by atoms with E-state index >= 15 is 0 Å². The van der Waals surface area contributed by atoms with Crippen LogP contribution in [0, 0.1) is 11.8 Å². The Morgan fingerprint density at radius 2 is 1.68 bits per heavy atom. The predicted octanol–water partition coefficient (Wildman–Crippen LogP) is 3.58. The number of nitrogens with one attached hydrogen (secondary N) is 1. The average Bonchev–Trinajstić information content (AvgIpc) is 2.96. The zero-order valence-corrected chi connectivity index (χ0v) is 16.2. The molecule has 0 unspecified atom stereocenters. The molecule has 0 spiro atoms. The molecule has 1 aliphatic heterocycles. The quantitative estimate of drug-likeness (QED) is 0.809. The van der Waals surface area contributed by atoms with Gasteiger partial charge in [0, 0.05) is 13.0 Å². The first-order valence-corrected chi connectivity index (χ1v) is 10.2. The van der Waals surface area contributed by atoms with Gasteiger partial charge in [-0.15, -0.1) is 0 Å². The summed E-state index contributed by atoms with van der Waals surface area (Å²) in [7, 11) is 0. The molecule has 2 aromatic rings. The van der Waals surface area contributed by atoms with E-state index in [0.717, 1.165) is 42.0 Å². The van der Waals surface area contributed by atoms with Crippen molar-refractivity contribution < 1.29 is 14.4 Å². The Labute approximate surface area is 165 Å². The van der Waals surface area contributed by atoms with Crippen LogP contribution in [0.1, 0.15) is 50.6 Å². The Hall–Kier alpha value is -2.69. The fraction of sp³-hybridized carbons (Fsp3) is 0.435. The van der Waals surface area contributed by atoms with Crippen molar-refractivity contribution in [3.8, 4) is 0 Å². The van der Waals surface area contributed by atoms with Crippen LogP contribution >= 0.6 is 0 Å². The molecular formula is C23H26N2O3. The molecule has 4 rings (SSSR count). The largest absolute Gasteiger partial charge is 0.350 e. The number of rotatable bonds is 5. The Bertz CT molecular complexity index is 899. The first-order valence-electron chi connectivity index (χ1n) is 10.2. The summed E-state index contributed by atoms with van der Waals surface area (Å²) in [5, 5.41) is 5.29. The Kier molecular flexibility index (Phi) is 5.16. The topological polar surface area (TPSA) is 66.5 Å². The van der Waals surface area contributed by atoms with Gasteiger partial charge < -0.3 is 5.32 Å². The summed E-state index contributed by atoms with van der Waals surface area (Å²) in [5.74, 6) is -0.604. The van der Waals surface area contributed by atoms with Crippen LogP contribution in [0.2, 0.25) is 0 Å². The molecule has 1 N–H and O–H groups in total. The molecule has 1 aliphatic carbocycles. The van der Waals surface area contributed by atoms with Crippen LogP contribution in [0.25, 0.3) is 10.8 Å². The normalized spacial score (nSPS) is 23.0. The lowest BCUT2D eigenvalue weighted by atomic mass is 9.81. The van der Waals surface area contributed by atoms with Crippen LogP contribution in [0.4, 0.5) is 0 Å². The number of hydrogen-bond acceptors (Lipinski definition) is 3. The molecule has 3 amide bonds. The van der Waals surface area contributed by atoms with E-state index in [4.69, 9.17) is 0 Å². The Balaban J connectivity index is 1.35. The maximum Gasteiger partial charge on any atom is 0.233 e. The molecule has 5 heteroatoms. The third-order valence-corrected chi connectivity index (χ3v) is 6.15. The maximum atomic E-state index is 12.5. The van der Waals surface area contributed by atoms with Crippen molar-refractivity contribution >= 4 is 28.5 Å². The zero-order chi connectivity index (χ0) is 19.7. The number of likely N-dealkylation sites (tertiary alicyclic amines) is 1. The minimum atomic E-state index is -0.152. The maximum absolute atomic E-state index is 12.5. The van der Waals surface area contributed by atoms with Gasteiger partial charge >= 0.3 is 0 Å². The van der Waals surface area contributed by atoms with Crippen LogP contribution in [-0.2, 0) is 14.4 Å². The fourth-order valence-electron chi connectivity index (χ4n) is 4.54. The summed E-state index contributed by atoms with van der Waals surface area (Å²) >= 11 is 0. The summed E-state index contributed by atoms with van der Waals surface area (Å²) in [6.07, 6.45) is 3.78. The number of hydrogen-bond donors (Lipinski definition) is 1. The number of fused-ring (bicyclic) bond motifs is 2. The molecule has 0 bridgehead atoms. The van der Waals surface area contributed by atoms with Crippen LogP contribution in [-0.4, -0.2) is 29.2 Å². The van der Waals surface area contributed by atoms with E-state index in [9.17, 15) is 14.4 Å². The Morgan fingerprint density at radius 3 is 2.36 bits per heavy atom. The first kappa shape index (κ1) is 18.7. The highest BCUT2D eigenvalue weighted by atomic mass is 16.2. The second-order valence-electron chi connectivity index (χ2n) is 7.97. The predicted molar refractivity (Wildman–Crippen MR) is 107 cm³/mol. The SMILES string of the molecule is C[C@H](NC(=O)CCN1C(=O)[C@H]2CCCC[C@@H]2C1=O)c1ccc2ccccc2c1. The third-order valence-electron chi connectivity index (χ3n) is 6.15. The summed E-state index contributed by atoms with van der Waals surface area (Å²) in [4.78, 5) is 38.7. The monoisotopic (exact) mass is 378 g/mol. The fourth-order valence-corrected chi connectivity index (χ4v) is 4.54. The minimum absolute atomic E-state index is 0.0786. The number of amides is 3. The van der Waals surface area contributed by atoms with E-state index in [-0.39, 0.29) is 48.6 Å². The van der Waals surface area contributed by atoms with Crippen molar-refractivity contribution in [1.29, 1.82) is 0 Å². The number of carbonyl (C=O) groups is 3. The molecule has 0 aromatic heterocycles. The molecule has 1 heterocycles. The van der Waals surface area contributed by atoms with Crippen LogP contribution in [0.3, 0.4) is 0 Å². The average molecular weight is 378 g/mol. The molecule has 0 radical (unpaired) electrons. The van der Waals surface area contributed by atoms with E-state index in [2.05, 4.69) is 29.6 Å². The molecule has 2 fully saturated rings. The first-order chi connectivity index (χ1) is 13.5. The van der Waals surface area contributed by atoms with E-state index in [1.807, 2.05) is 25.1 Å². The molecule has 3 atom stereocenters. The van der Waals surface area contributed by atoms with Crippen molar-refractivity contribution in [2.24, 2.45) is 11.8 Å². The summed E-state index contributed by atoms with van der Waals surface area (Å²) < 4.78 is 0. The second-order valence-corrected chi connectivity index (χ2v) is 7.97. The smallest absolute Gasteiger partial charge is 0.233 e. The highest BCUT2D eigenvalue weighted by molar-refractivity contribution is 6.05. The van der Waals surface area contributed by atoms with Gasteiger partial charge in [0.2, 0.25) is 17.7 Å². The molecule has 2 aromatic carbocycles. The summed E-state index contributed by atoms with van der Waals surface area (Å²) in [5.41, 5.74) is 1.03. The van der Waals surface area contributed by atoms with E-state index < -0.39 is 0 Å². The molecule has 1 saturated heterocycles. The van der Waals surface area contributed by atoms with Gasteiger partial charge in [0.05, 0.1) is 17.9 Å². The van der Waals surface area contributed by atoms with Crippen molar-refractivity contribution in [3.63, 3.8) is 0 Å². The van der Waals surface area contributed by atoms with Gasteiger partial charge in [-0.3, -0.25) is 19.3 Å². The molecule has 1 saturated carbocycles. The minimum Gasteiger partial charge on any atom is -0.350 e. The molecular weight excluding hydrogens is 352 g/mol. The van der Waals surface area contributed by atoms with Gasteiger partial charge in [0.25, 0.3) is 0 Å². The van der Waals surface area contributed by atoms with E-state index in [0.29, 0.717) is 0 Å². The highest BCUT2D eigenvalue weighted by Gasteiger charge is 2.47. The van der Waals surface area contributed by atoms with Crippen LogP contribution in [0.5, 0.6) is 0 Å². The number of imide groups is 1. The number of nitrogens with zero attached hydrogens (tertiary/aromatic N) is 1. The second kappa shape index (κ2) is 7.74. The van der Waals surface area contributed by atoms with E-state index in [1.54, 1.807) is 0 Å². The van der Waals surface area contributed by atoms with Crippen molar-refractivity contribution in [2.45, 2.75) is 45.1 Å². The lowest BCUT2D eigenvalue weighted by Gasteiger charge is -2.19. The van der Waals surface area contributed by atoms with Gasteiger partial charge in [-0.05, 0) is 42.2 Å². The lowest BCUT2D eigenvalue weighted by Crippen LogP contribution is -2.36. The van der Waals surface area contributed by atoms with Gasteiger partial charge in [0.15, 0.2) is 0 Å². The van der Waals surface area contributed by atoms with Gasteiger partial charge in [0.1, 0.15) is 0 Å². The number of carbonyl (C=O) groups excluding carboxylic acids is 3. The summed E-state index contributed by atoms with van der Waals surface area (Å²) in [6.45, 7) is 2.13. The molecule has 146 valence electrons. The highest BCUT2D eigenvalue weighted by Crippen LogP contribution is 2.38. The van der Waals surface area contributed by atoms with Crippen LogP contribution < -0.4 is 5.32 Å². The van der Waals surface area contributed by atoms with Gasteiger partial charge in [-0.2, -0.15) is 0 Å². The summed E-state index contributed by atoms with van der Waals surface area (Å²) in [6, 6.07) is 14.1. The molecule has 2 aliphatic rings. The van der Waals surface area contributed by atoms with E-state index in [1.165, 1.54) is 4.90 Å². The van der Waals surface area contributed by atoms with Gasteiger partial charge in [-0.1, -0.05) is 49.2 Å². The number of benzene rings is 2.